The quantitative estimate of drug-likeness (QED) is 0.241. The number of para-hydroxylation sites is 1. The predicted molar refractivity (Wildman–Crippen MR) is 162 cm³/mol. The van der Waals surface area contributed by atoms with Crippen LogP contribution in [0.25, 0.3) is 22.2 Å². The van der Waals surface area contributed by atoms with E-state index in [0.29, 0.717) is 30.5 Å². The van der Waals surface area contributed by atoms with Gasteiger partial charge in [0.1, 0.15) is 11.6 Å². The van der Waals surface area contributed by atoms with Crippen molar-refractivity contribution in [3.8, 4) is 17.1 Å². The van der Waals surface area contributed by atoms with Gasteiger partial charge in [-0.15, -0.1) is 0 Å². The molecule has 0 bridgehead atoms. The van der Waals surface area contributed by atoms with Crippen molar-refractivity contribution in [1.82, 2.24) is 25.2 Å². The van der Waals surface area contributed by atoms with Gasteiger partial charge >= 0.3 is 0 Å². The fraction of sp³-hybridized carbons (Fsp3) is 0.576. The molecule has 220 valence electrons. The molecule has 0 unspecified atom stereocenters. The fourth-order valence-corrected chi connectivity index (χ4v) is 6.64. The number of H-pyrrole nitrogens is 1. The van der Waals surface area contributed by atoms with E-state index in [2.05, 4.69) is 40.3 Å². The highest BCUT2D eigenvalue weighted by Gasteiger charge is 2.58. The molecule has 0 saturated heterocycles. The van der Waals surface area contributed by atoms with Crippen LogP contribution in [-0.4, -0.2) is 58.8 Å². The van der Waals surface area contributed by atoms with Crippen LogP contribution in [0.5, 0.6) is 5.88 Å². The molecular weight excluding hydrogens is 514 g/mol. The third-order valence-electron chi connectivity index (χ3n) is 9.44. The van der Waals surface area contributed by atoms with E-state index in [1.54, 1.807) is 7.11 Å². The molecule has 2 N–H and O–H groups in total. The van der Waals surface area contributed by atoms with Crippen molar-refractivity contribution in [1.29, 1.82) is 0 Å². The van der Waals surface area contributed by atoms with Crippen LogP contribution in [-0.2, 0) is 9.59 Å². The summed E-state index contributed by atoms with van der Waals surface area (Å²) in [5.41, 5.74) is 2.71. The molecule has 0 radical (unpaired) electrons. The number of unbranched alkanes of at least 4 members (excludes halogenated alkanes) is 2. The Hall–Kier alpha value is -3.26. The minimum Gasteiger partial charge on any atom is -0.480 e. The summed E-state index contributed by atoms with van der Waals surface area (Å²) in [6.07, 6.45) is 12.1. The SMILES string of the molecule is CCC(=O)CCCCC[C@H](NC(=O)[C@@H]1CC12CCC(N(C)C)CC2)c1ncc(-c2cc3ccccc3nc2OC)[nH]1. The van der Waals surface area contributed by atoms with Gasteiger partial charge in [-0.2, -0.15) is 0 Å². The van der Waals surface area contributed by atoms with Crippen molar-refractivity contribution >= 4 is 22.6 Å². The number of amides is 1. The first-order chi connectivity index (χ1) is 19.8. The zero-order valence-electron chi connectivity index (χ0n) is 25.0. The van der Waals surface area contributed by atoms with Crippen LogP contribution in [0.2, 0.25) is 0 Å². The number of methoxy groups -OCH3 is 1. The van der Waals surface area contributed by atoms with E-state index in [-0.39, 0.29) is 23.3 Å². The molecule has 5 rings (SSSR count). The average Bonchev–Trinajstić information content (AvgIpc) is 3.45. The molecular formula is C33H45N5O3. The third-order valence-corrected chi connectivity index (χ3v) is 9.44. The number of nitrogens with zero attached hydrogens (tertiary/aromatic N) is 3. The topological polar surface area (TPSA) is 100 Å². The number of nitrogens with one attached hydrogen (secondary N) is 2. The molecule has 2 atom stereocenters. The molecule has 2 aromatic heterocycles. The maximum atomic E-state index is 13.6. The Bertz CT molecular complexity index is 1360. The second-order valence-corrected chi connectivity index (χ2v) is 12.3. The fourth-order valence-electron chi connectivity index (χ4n) is 6.64. The summed E-state index contributed by atoms with van der Waals surface area (Å²) in [6, 6.07) is 10.4. The van der Waals surface area contributed by atoms with Crippen LogP contribution in [0.1, 0.15) is 89.4 Å². The largest absolute Gasteiger partial charge is 0.480 e. The molecule has 8 nitrogen and oxygen atoms in total. The van der Waals surface area contributed by atoms with Crippen molar-refractivity contribution in [2.24, 2.45) is 11.3 Å². The van der Waals surface area contributed by atoms with Gasteiger partial charge in [-0.1, -0.05) is 38.0 Å². The van der Waals surface area contributed by atoms with Gasteiger partial charge in [0.05, 0.1) is 36.1 Å². The number of aromatic amines is 1. The van der Waals surface area contributed by atoms with Crippen LogP contribution in [0.4, 0.5) is 0 Å². The van der Waals surface area contributed by atoms with Crippen molar-refractivity contribution in [3.05, 3.63) is 42.4 Å². The number of hydrogen-bond donors (Lipinski definition) is 2. The number of carbonyl (C=O) groups excluding carboxylic acids is 2. The lowest BCUT2D eigenvalue weighted by atomic mass is 9.81. The number of rotatable bonds is 13. The summed E-state index contributed by atoms with van der Waals surface area (Å²) in [4.78, 5) is 40.6. The minimum atomic E-state index is -0.215. The summed E-state index contributed by atoms with van der Waals surface area (Å²) >= 11 is 0. The van der Waals surface area contributed by atoms with E-state index >= 15 is 0 Å². The van der Waals surface area contributed by atoms with Crippen molar-refractivity contribution in [2.75, 3.05) is 21.2 Å². The standard InChI is InChI=1S/C33H45N5O3/c1-5-24(39)12-7-6-8-14-28(36-31(40)26-20-33(26)17-15-23(16-18-33)38(2)3)30-34-21-29(35-30)25-19-22-11-9-10-13-27(22)37-32(25)41-4/h9-11,13,19,21,23,26,28H,5-8,12,14-18,20H2,1-4H3,(H,34,35)(H,36,40)/t23?,26-,28-,33?/m0/s1. The second-order valence-electron chi connectivity index (χ2n) is 12.3. The zero-order valence-corrected chi connectivity index (χ0v) is 25.0. The lowest BCUT2D eigenvalue weighted by Gasteiger charge is -2.33. The summed E-state index contributed by atoms with van der Waals surface area (Å²) in [7, 11) is 5.94. The number of ether oxygens (including phenoxy) is 1. The molecule has 2 heterocycles. The van der Waals surface area contributed by atoms with Gasteiger partial charge < -0.3 is 19.9 Å². The average molecular weight is 560 g/mol. The van der Waals surface area contributed by atoms with E-state index < -0.39 is 0 Å². The molecule has 2 aliphatic rings. The van der Waals surface area contributed by atoms with Crippen LogP contribution < -0.4 is 10.1 Å². The molecule has 1 amide bonds. The highest BCUT2D eigenvalue weighted by molar-refractivity contribution is 5.85. The summed E-state index contributed by atoms with van der Waals surface area (Å²) in [5, 5.41) is 4.40. The first-order valence-electron chi connectivity index (χ1n) is 15.3. The lowest BCUT2D eigenvalue weighted by molar-refractivity contribution is -0.124. The highest BCUT2D eigenvalue weighted by Crippen LogP contribution is 2.61. The molecule has 3 aromatic rings. The minimum absolute atomic E-state index is 0.0921. The normalized spacial score (nSPS) is 22.7. The molecule has 2 fully saturated rings. The van der Waals surface area contributed by atoms with Crippen LogP contribution in [0.15, 0.2) is 36.5 Å². The van der Waals surface area contributed by atoms with E-state index in [9.17, 15) is 9.59 Å². The number of pyridine rings is 1. The molecule has 1 aromatic carbocycles. The first kappa shape index (κ1) is 29.2. The first-order valence-corrected chi connectivity index (χ1v) is 15.3. The number of imidazole rings is 1. The summed E-state index contributed by atoms with van der Waals surface area (Å²) < 4.78 is 5.63. The Labute approximate surface area is 243 Å². The van der Waals surface area contributed by atoms with Gasteiger partial charge in [0.25, 0.3) is 0 Å². The Morgan fingerprint density at radius 1 is 1.17 bits per heavy atom. The maximum absolute atomic E-state index is 13.6. The van der Waals surface area contributed by atoms with Gasteiger partial charge in [-0.3, -0.25) is 9.59 Å². The molecule has 2 aliphatic carbocycles. The van der Waals surface area contributed by atoms with Crippen LogP contribution in [0, 0.1) is 11.3 Å². The van der Waals surface area contributed by atoms with Gasteiger partial charge in [-0.05, 0) is 76.6 Å². The number of aromatic nitrogens is 3. The third kappa shape index (κ3) is 6.64. The number of Topliss-reactive ketones (excluding diaryl/α,β-unsaturated/α-hetero) is 1. The van der Waals surface area contributed by atoms with Crippen LogP contribution in [0.3, 0.4) is 0 Å². The van der Waals surface area contributed by atoms with E-state index in [0.717, 1.165) is 72.9 Å². The molecule has 2 saturated carbocycles. The van der Waals surface area contributed by atoms with E-state index in [1.807, 2.05) is 37.4 Å². The predicted octanol–water partition coefficient (Wildman–Crippen LogP) is 6.23. The van der Waals surface area contributed by atoms with Gasteiger partial charge in [-0.25, -0.2) is 9.97 Å². The Morgan fingerprint density at radius 3 is 2.68 bits per heavy atom. The number of hydrogen-bond acceptors (Lipinski definition) is 6. The smallest absolute Gasteiger partial charge is 0.224 e. The van der Waals surface area contributed by atoms with Gasteiger partial charge in [0, 0.05) is 30.2 Å². The molecule has 41 heavy (non-hydrogen) atoms. The van der Waals surface area contributed by atoms with Crippen molar-refractivity contribution < 1.29 is 14.3 Å². The molecule has 8 heteroatoms. The monoisotopic (exact) mass is 559 g/mol. The van der Waals surface area contributed by atoms with E-state index in [1.165, 1.54) is 12.8 Å². The lowest BCUT2D eigenvalue weighted by Crippen LogP contribution is -2.36. The number of carbonyl (C=O) groups is 2. The highest BCUT2D eigenvalue weighted by atomic mass is 16.5. The van der Waals surface area contributed by atoms with E-state index in [4.69, 9.17) is 9.72 Å². The Balaban J connectivity index is 1.30. The van der Waals surface area contributed by atoms with Crippen LogP contribution >= 0.6 is 0 Å². The zero-order chi connectivity index (χ0) is 29.0. The summed E-state index contributed by atoms with van der Waals surface area (Å²) in [5.74, 6) is 1.84. The molecule has 0 aliphatic heterocycles. The van der Waals surface area contributed by atoms with Gasteiger partial charge in [0.15, 0.2) is 0 Å². The number of ketones is 1. The van der Waals surface area contributed by atoms with Crippen molar-refractivity contribution in [3.63, 3.8) is 0 Å². The van der Waals surface area contributed by atoms with Crippen molar-refractivity contribution in [2.45, 2.75) is 89.6 Å². The summed E-state index contributed by atoms with van der Waals surface area (Å²) in [6.45, 7) is 1.92. The Kier molecular flexibility index (Phi) is 9.07. The molecule has 1 spiro atoms. The second kappa shape index (κ2) is 12.7. The maximum Gasteiger partial charge on any atom is 0.224 e. The van der Waals surface area contributed by atoms with Gasteiger partial charge in [0.2, 0.25) is 11.8 Å². The Morgan fingerprint density at radius 2 is 1.95 bits per heavy atom. The number of fused-ring (bicyclic) bond motifs is 1. The number of benzene rings is 1.